The summed E-state index contributed by atoms with van der Waals surface area (Å²) in [4.78, 5) is 37.2. The second-order valence-corrected chi connectivity index (χ2v) is 6.40. The van der Waals surface area contributed by atoms with Gasteiger partial charge in [-0.1, -0.05) is 12.1 Å². The van der Waals surface area contributed by atoms with Crippen LogP contribution in [0.2, 0.25) is 0 Å². The standard InChI is InChI=1S/C21H25N3O5/c1-4-29-21(27)17-7-5-6-8-18(17)23-20(26)14-24(2)13-19(25)22-15-9-11-16(28-3)12-10-15/h5-12H,4,13-14H2,1-3H3,(H,22,25)(H,23,26)/p+1. The van der Waals surface area contributed by atoms with Crippen molar-refractivity contribution >= 4 is 29.2 Å². The minimum Gasteiger partial charge on any atom is -0.497 e. The molecule has 1 atom stereocenters. The molecule has 0 saturated carbocycles. The van der Waals surface area contributed by atoms with Crippen molar-refractivity contribution in [2.45, 2.75) is 6.92 Å². The monoisotopic (exact) mass is 400 g/mol. The van der Waals surface area contributed by atoms with Gasteiger partial charge in [-0.25, -0.2) is 4.79 Å². The highest BCUT2D eigenvalue weighted by Crippen LogP contribution is 2.16. The molecule has 8 heteroatoms. The molecule has 0 aliphatic carbocycles. The van der Waals surface area contributed by atoms with Crippen molar-refractivity contribution in [1.82, 2.24) is 0 Å². The molecule has 0 radical (unpaired) electrons. The third-order valence-corrected chi connectivity index (χ3v) is 3.99. The Bertz CT molecular complexity index is 852. The highest BCUT2D eigenvalue weighted by atomic mass is 16.5. The van der Waals surface area contributed by atoms with E-state index in [1.165, 1.54) is 0 Å². The number of hydrogen-bond acceptors (Lipinski definition) is 5. The number of quaternary nitrogens is 1. The summed E-state index contributed by atoms with van der Waals surface area (Å²) in [6.45, 7) is 2.14. The third-order valence-electron chi connectivity index (χ3n) is 3.99. The van der Waals surface area contributed by atoms with Crippen molar-refractivity contribution in [3.05, 3.63) is 54.1 Å². The van der Waals surface area contributed by atoms with E-state index in [2.05, 4.69) is 10.6 Å². The fourth-order valence-electron chi connectivity index (χ4n) is 2.66. The SMILES string of the molecule is CCOC(=O)c1ccccc1NC(=O)C[NH+](C)CC(=O)Nc1ccc(OC)cc1. The van der Waals surface area contributed by atoms with Gasteiger partial charge < -0.3 is 25.0 Å². The second-order valence-electron chi connectivity index (χ2n) is 6.40. The Morgan fingerprint density at radius 1 is 0.931 bits per heavy atom. The minimum atomic E-state index is -0.497. The van der Waals surface area contributed by atoms with E-state index >= 15 is 0 Å². The van der Waals surface area contributed by atoms with E-state index in [0.29, 0.717) is 22.0 Å². The molecule has 0 heterocycles. The van der Waals surface area contributed by atoms with Gasteiger partial charge in [0, 0.05) is 5.69 Å². The van der Waals surface area contributed by atoms with Gasteiger partial charge >= 0.3 is 5.97 Å². The quantitative estimate of drug-likeness (QED) is 0.545. The Morgan fingerprint density at radius 3 is 2.17 bits per heavy atom. The number of carbonyl (C=O) groups excluding carboxylic acids is 3. The zero-order chi connectivity index (χ0) is 21.2. The van der Waals surface area contributed by atoms with Gasteiger partial charge in [0.05, 0.1) is 32.0 Å². The number of para-hydroxylation sites is 1. The second kappa shape index (κ2) is 10.8. The van der Waals surface area contributed by atoms with Crippen LogP contribution >= 0.6 is 0 Å². The van der Waals surface area contributed by atoms with Gasteiger partial charge in [0.15, 0.2) is 13.1 Å². The molecule has 29 heavy (non-hydrogen) atoms. The van der Waals surface area contributed by atoms with Crippen LogP contribution < -0.4 is 20.3 Å². The van der Waals surface area contributed by atoms with Crippen LogP contribution in [0.1, 0.15) is 17.3 Å². The molecule has 1 unspecified atom stereocenters. The average molecular weight is 400 g/mol. The number of nitrogens with one attached hydrogen (secondary N) is 3. The normalized spacial score (nSPS) is 11.3. The van der Waals surface area contributed by atoms with Gasteiger partial charge in [-0.2, -0.15) is 0 Å². The van der Waals surface area contributed by atoms with Crippen LogP contribution in [0, 0.1) is 0 Å². The van der Waals surface area contributed by atoms with Crippen molar-refractivity contribution in [3.63, 3.8) is 0 Å². The van der Waals surface area contributed by atoms with Crippen LogP contribution in [0.3, 0.4) is 0 Å². The average Bonchev–Trinajstić information content (AvgIpc) is 2.68. The van der Waals surface area contributed by atoms with Gasteiger partial charge in [-0.3, -0.25) is 9.59 Å². The molecule has 3 N–H and O–H groups in total. The Balaban J connectivity index is 1.87. The van der Waals surface area contributed by atoms with Crippen LogP contribution in [0.15, 0.2) is 48.5 Å². The lowest BCUT2D eigenvalue weighted by Gasteiger charge is -2.15. The van der Waals surface area contributed by atoms with Gasteiger partial charge in [0.1, 0.15) is 5.75 Å². The fraction of sp³-hybridized carbons (Fsp3) is 0.286. The lowest BCUT2D eigenvalue weighted by atomic mass is 10.2. The zero-order valence-corrected chi connectivity index (χ0v) is 16.8. The predicted octanol–water partition coefficient (Wildman–Crippen LogP) is 0.964. The van der Waals surface area contributed by atoms with Crippen molar-refractivity contribution in [1.29, 1.82) is 0 Å². The van der Waals surface area contributed by atoms with E-state index in [-0.39, 0.29) is 37.1 Å². The summed E-state index contributed by atoms with van der Waals surface area (Å²) in [5, 5.41) is 5.49. The summed E-state index contributed by atoms with van der Waals surface area (Å²) in [7, 11) is 3.31. The van der Waals surface area contributed by atoms with Crippen LogP contribution in [0.4, 0.5) is 11.4 Å². The maximum Gasteiger partial charge on any atom is 0.340 e. The molecule has 0 aromatic heterocycles. The molecule has 0 fully saturated rings. The maximum atomic E-state index is 12.3. The van der Waals surface area contributed by atoms with Crippen molar-refractivity contribution in [2.75, 3.05) is 44.5 Å². The lowest BCUT2D eigenvalue weighted by Crippen LogP contribution is -3.11. The number of ether oxygens (including phenoxy) is 2. The summed E-state index contributed by atoms with van der Waals surface area (Å²) in [6.07, 6.45) is 0. The number of amides is 2. The number of carbonyl (C=O) groups is 3. The zero-order valence-electron chi connectivity index (χ0n) is 16.8. The first-order valence-electron chi connectivity index (χ1n) is 9.24. The molecule has 2 rings (SSSR count). The molecule has 154 valence electrons. The van der Waals surface area contributed by atoms with Crippen LogP contribution in [0.5, 0.6) is 5.75 Å². The van der Waals surface area contributed by atoms with Crippen molar-refractivity contribution < 1.29 is 28.8 Å². The molecular formula is C21H26N3O5+. The summed E-state index contributed by atoms with van der Waals surface area (Å²) >= 11 is 0. The van der Waals surface area contributed by atoms with Crippen molar-refractivity contribution in [3.8, 4) is 5.75 Å². The first-order chi connectivity index (χ1) is 13.9. The number of rotatable bonds is 9. The van der Waals surface area contributed by atoms with E-state index in [1.54, 1.807) is 69.6 Å². The molecule has 0 spiro atoms. The number of anilines is 2. The van der Waals surface area contributed by atoms with Crippen LogP contribution in [-0.4, -0.2) is 51.6 Å². The summed E-state index contributed by atoms with van der Waals surface area (Å²) in [5.74, 6) is -0.322. The van der Waals surface area contributed by atoms with Gasteiger partial charge in [-0.05, 0) is 43.3 Å². The predicted molar refractivity (Wildman–Crippen MR) is 109 cm³/mol. The molecule has 0 bridgehead atoms. The number of methoxy groups -OCH3 is 1. The summed E-state index contributed by atoms with van der Waals surface area (Å²) < 4.78 is 10.1. The molecule has 2 aromatic carbocycles. The molecule has 0 aliphatic rings. The largest absolute Gasteiger partial charge is 0.497 e. The molecule has 2 amide bonds. The first kappa shape index (κ1) is 21.9. The van der Waals surface area contributed by atoms with Gasteiger partial charge in [-0.15, -0.1) is 0 Å². The molecule has 2 aromatic rings. The Hall–Kier alpha value is -3.39. The highest BCUT2D eigenvalue weighted by molar-refractivity contribution is 6.01. The summed E-state index contributed by atoms with van der Waals surface area (Å²) in [5.41, 5.74) is 1.32. The first-order valence-corrected chi connectivity index (χ1v) is 9.24. The minimum absolute atomic E-state index is 0.0627. The van der Waals surface area contributed by atoms with Crippen LogP contribution in [0.25, 0.3) is 0 Å². The number of likely N-dealkylation sites (N-methyl/N-ethyl adjacent to an activating group) is 1. The topological polar surface area (TPSA) is 98.2 Å². The Morgan fingerprint density at radius 2 is 1.55 bits per heavy atom. The van der Waals surface area contributed by atoms with Gasteiger partial charge in [0.2, 0.25) is 0 Å². The smallest absolute Gasteiger partial charge is 0.340 e. The number of esters is 1. The summed E-state index contributed by atoms with van der Waals surface area (Å²) in [6, 6.07) is 13.6. The Labute approximate surface area is 169 Å². The van der Waals surface area contributed by atoms with Gasteiger partial charge in [0.25, 0.3) is 11.8 Å². The molecular weight excluding hydrogens is 374 g/mol. The molecule has 0 saturated heterocycles. The van der Waals surface area contributed by atoms with E-state index in [9.17, 15) is 14.4 Å². The van der Waals surface area contributed by atoms with Crippen LogP contribution in [-0.2, 0) is 14.3 Å². The van der Waals surface area contributed by atoms with E-state index in [0.717, 1.165) is 0 Å². The van der Waals surface area contributed by atoms with E-state index in [4.69, 9.17) is 9.47 Å². The number of benzene rings is 2. The van der Waals surface area contributed by atoms with E-state index in [1.807, 2.05) is 0 Å². The van der Waals surface area contributed by atoms with E-state index < -0.39 is 5.97 Å². The lowest BCUT2D eigenvalue weighted by molar-refractivity contribution is -0.862. The van der Waals surface area contributed by atoms with Crippen molar-refractivity contribution in [2.24, 2.45) is 0 Å². The molecule has 0 aliphatic heterocycles. The maximum absolute atomic E-state index is 12.3. The molecule has 8 nitrogen and oxygen atoms in total. The fourth-order valence-corrected chi connectivity index (χ4v) is 2.66. The third kappa shape index (κ3) is 6.93. The number of hydrogen-bond donors (Lipinski definition) is 3. The Kier molecular flexibility index (Phi) is 8.17. The highest BCUT2D eigenvalue weighted by Gasteiger charge is 2.18.